The third-order valence-electron chi connectivity index (χ3n) is 3.05. The molecule has 1 N–H and O–H groups in total. The van der Waals surface area contributed by atoms with Crippen molar-refractivity contribution in [1.29, 1.82) is 0 Å². The molecule has 0 unspecified atom stereocenters. The molecule has 17 heavy (non-hydrogen) atoms. The summed E-state index contributed by atoms with van der Waals surface area (Å²) >= 11 is 0. The lowest BCUT2D eigenvalue weighted by Crippen LogP contribution is -2.59. The first-order valence-corrected chi connectivity index (χ1v) is 7.01. The Morgan fingerprint density at radius 1 is 1.47 bits per heavy atom. The van der Waals surface area contributed by atoms with Crippen LogP contribution >= 0.6 is 0 Å². The third-order valence-corrected chi connectivity index (χ3v) is 5.24. The van der Waals surface area contributed by atoms with E-state index >= 15 is 0 Å². The molecule has 1 aromatic heterocycles. The third kappa shape index (κ3) is 2.10. The summed E-state index contributed by atoms with van der Waals surface area (Å²) in [5, 5.41) is 7.37. The maximum absolute atomic E-state index is 12.5. The maximum atomic E-state index is 12.5. The number of hydrogen-bond donors (Lipinski definition) is 1. The largest absolute Gasteiger partial charge is 0.314 e. The monoisotopic (exact) mass is 258 g/mol. The molecule has 2 heterocycles. The number of hydrogen-bond acceptors (Lipinski definition) is 4. The van der Waals surface area contributed by atoms with E-state index in [-0.39, 0.29) is 5.03 Å². The number of rotatable bonds is 2. The highest BCUT2D eigenvalue weighted by molar-refractivity contribution is 7.89. The van der Waals surface area contributed by atoms with Gasteiger partial charge < -0.3 is 5.32 Å². The number of piperazine rings is 1. The van der Waals surface area contributed by atoms with Gasteiger partial charge in [-0.05, 0) is 19.9 Å². The number of sulfonamides is 1. The lowest BCUT2D eigenvalue weighted by atomic mass is 10.0. The summed E-state index contributed by atoms with van der Waals surface area (Å²) in [6, 6.07) is 1.54. The molecule has 0 saturated carbocycles. The van der Waals surface area contributed by atoms with E-state index in [2.05, 4.69) is 10.4 Å². The van der Waals surface area contributed by atoms with Crippen LogP contribution < -0.4 is 5.32 Å². The molecule has 0 spiro atoms. The SMILES string of the molecule is Cn1nccc1S(=O)(=O)N1CCNCC1(C)C. The second-order valence-electron chi connectivity index (χ2n) is 4.86. The molecular weight excluding hydrogens is 240 g/mol. The van der Waals surface area contributed by atoms with Gasteiger partial charge >= 0.3 is 0 Å². The van der Waals surface area contributed by atoms with E-state index in [0.717, 1.165) is 0 Å². The van der Waals surface area contributed by atoms with Crippen LogP contribution in [0.2, 0.25) is 0 Å². The summed E-state index contributed by atoms with van der Waals surface area (Å²) in [5.74, 6) is 0. The van der Waals surface area contributed by atoms with Gasteiger partial charge in [0.05, 0.1) is 6.20 Å². The highest BCUT2D eigenvalue weighted by Crippen LogP contribution is 2.25. The predicted molar refractivity (Wildman–Crippen MR) is 64.0 cm³/mol. The van der Waals surface area contributed by atoms with Gasteiger partial charge in [0.2, 0.25) is 0 Å². The fourth-order valence-corrected chi connectivity index (χ4v) is 4.03. The van der Waals surface area contributed by atoms with Crippen molar-refractivity contribution in [3.63, 3.8) is 0 Å². The van der Waals surface area contributed by atoms with Crippen molar-refractivity contribution in [2.45, 2.75) is 24.4 Å². The first-order chi connectivity index (χ1) is 7.86. The fourth-order valence-electron chi connectivity index (χ4n) is 2.14. The number of nitrogens with one attached hydrogen (secondary N) is 1. The molecule has 6 nitrogen and oxygen atoms in total. The molecule has 0 aliphatic carbocycles. The van der Waals surface area contributed by atoms with E-state index in [1.54, 1.807) is 11.4 Å². The normalized spacial score (nSPS) is 21.6. The molecule has 0 amide bonds. The molecule has 96 valence electrons. The Balaban J connectivity index is 2.42. The van der Waals surface area contributed by atoms with Crippen LogP contribution in [0.25, 0.3) is 0 Å². The van der Waals surface area contributed by atoms with Crippen LogP contribution in [0.1, 0.15) is 13.8 Å². The number of aryl methyl sites for hydroxylation is 1. The topological polar surface area (TPSA) is 67.2 Å². The van der Waals surface area contributed by atoms with Crippen LogP contribution in [0.3, 0.4) is 0 Å². The van der Waals surface area contributed by atoms with Crippen molar-refractivity contribution < 1.29 is 8.42 Å². The van der Waals surface area contributed by atoms with Gasteiger partial charge in [-0.1, -0.05) is 0 Å². The standard InChI is InChI=1S/C10H18N4O2S/c1-10(2)8-11-6-7-14(10)17(15,16)9-4-5-12-13(9)3/h4-5,11H,6-8H2,1-3H3. The van der Waals surface area contributed by atoms with Crippen LogP contribution in [0.15, 0.2) is 17.3 Å². The van der Waals surface area contributed by atoms with Crippen LogP contribution in [0, 0.1) is 0 Å². The summed E-state index contributed by atoms with van der Waals surface area (Å²) in [5.41, 5.74) is -0.415. The molecule has 7 heteroatoms. The van der Waals surface area contributed by atoms with Crippen molar-refractivity contribution >= 4 is 10.0 Å². The van der Waals surface area contributed by atoms with Crippen molar-refractivity contribution in [3.05, 3.63) is 12.3 Å². The van der Waals surface area contributed by atoms with Gasteiger partial charge in [0.25, 0.3) is 10.0 Å². The summed E-state index contributed by atoms with van der Waals surface area (Å²) in [7, 11) is -1.82. The zero-order valence-electron chi connectivity index (χ0n) is 10.3. The molecule has 0 radical (unpaired) electrons. The molecular formula is C10H18N4O2S. The van der Waals surface area contributed by atoms with E-state index in [1.807, 2.05) is 13.8 Å². The highest BCUT2D eigenvalue weighted by Gasteiger charge is 2.40. The first kappa shape index (κ1) is 12.5. The van der Waals surface area contributed by atoms with Gasteiger partial charge in [0.1, 0.15) is 0 Å². The summed E-state index contributed by atoms with van der Waals surface area (Å²) in [6.07, 6.45) is 1.50. The molecule has 1 aromatic rings. The van der Waals surface area contributed by atoms with Crippen molar-refractivity contribution in [1.82, 2.24) is 19.4 Å². The molecule has 0 aromatic carbocycles. The molecule has 2 rings (SSSR count). The quantitative estimate of drug-likeness (QED) is 0.797. The van der Waals surface area contributed by atoms with Crippen LogP contribution in [-0.4, -0.2) is 47.7 Å². The van der Waals surface area contributed by atoms with E-state index in [4.69, 9.17) is 0 Å². The van der Waals surface area contributed by atoms with Crippen molar-refractivity contribution in [3.8, 4) is 0 Å². The Labute approximate surface area is 102 Å². The Morgan fingerprint density at radius 2 is 2.18 bits per heavy atom. The van der Waals surface area contributed by atoms with Crippen LogP contribution in [-0.2, 0) is 17.1 Å². The second kappa shape index (κ2) is 4.08. The average Bonchev–Trinajstić information content (AvgIpc) is 2.64. The number of nitrogens with zero attached hydrogens (tertiary/aromatic N) is 3. The van der Waals surface area contributed by atoms with E-state index in [9.17, 15) is 8.42 Å². The van der Waals surface area contributed by atoms with Gasteiger partial charge in [-0.3, -0.25) is 4.68 Å². The zero-order chi connectivity index (χ0) is 12.7. The number of aromatic nitrogens is 2. The highest BCUT2D eigenvalue weighted by atomic mass is 32.2. The Kier molecular flexibility index (Phi) is 3.01. The van der Waals surface area contributed by atoms with Crippen LogP contribution in [0.5, 0.6) is 0 Å². The van der Waals surface area contributed by atoms with Gasteiger partial charge in [-0.15, -0.1) is 0 Å². The molecule has 0 bridgehead atoms. The molecule has 1 aliphatic rings. The Hall–Kier alpha value is -0.920. The minimum atomic E-state index is -3.46. The average molecular weight is 258 g/mol. The molecule has 0 atom stereocenters. The summed E-state index contributed by atoms with van der Waals surface area (Å²) in [4.78, 5) is 0. The molecule has 1 saturated heterocycles. The van der Waals surface area contributed by atoms with Gasteiger partial charge in [-0.2, -0.15) is 9.40 Å². The minimum absolute atomic E-state index is 0.243. The zero-order valence-corrected chi connectivity index (χ0v) is 11.2. The van der Waals surface area contributed by atoms with Crippen molar-refractivity contribution in [2.24, 2.45) is 7.05 Å². The van der Waals surface area contributed by atoms with E-state index in [0.29, 0.717) is 19.6 Å². The Morgan fingerprint density at radius 3 is 2.71 bits per heavy atom. The van der Waals surface area contributed by atoms with Gasteiger partial charge in [-0.25, -0.2) is 8.42 Å². The van der Waals surface area contributed by atoms with Crippen molar-refractivity contribution in [2.75, 3.05) is 19.6 Å². The maximum Gasteiger partial charge on any atom is 0.260 e. The minimum Gasteiger partial charge on any atom is -0.314 e. The lowest BCUT2D eigenvalue weighted by Gasteiger charge is -2.41. The van der Waals surface area contributed by atoms with Gasteiger partial charge in [0.15, 0.2) is 5.03 Å². The summed E-state index contributed by atoms with van der Waals surface area (Å²) < 4.78 is 28.0. The van der Waals surface area contributed by atoms with Crippen LogP contribution in [0.4, 0.5) is 0 Å². The second-order valence-corrected chi connectivity index (χ2v) is 6.67. The predicted octanol–water partition coefficient (Wildman–Crippen LogP) is -0.207. The van der Waals surface area contributed by atoms with E-state index < -0.39 is 15.6 Å². The molecule has 1 fully saturated rings. The Bertz CT molecular complexity index is 506. The smallest absolute Gasteiger partial charge is 0.260 e. The molecule has 1 aliphatic heterocycles. The summed E-state index contributed by atoms with van der Waals surface area (Å²) in [6.45, 7) is 5.67. The van der Waals surface area contributed by atoms with Gasteiger partial charge in [0, 0.05) is 32.2 Å². The lowest BCUT2D eigenvalue weighted by molar-refractivity contribution is 0.185. The fraction of sp³-hybridized carbons (Fsp3) is 0.700. The first-order valence-electron chi connectivity index (χ1n) is 5.57. The van der Waals surface area contributed by atoms with E-state index in [1.165, 1.54) is 16.9 Å².